The van der Waals surface area contributed by atoms with E-state index in [1.54, 1.807) is 6.07 Å². The molecule has 144 valence electrons. The molecule has 0 radical (unpaired) electrons. The fraction of sp³-hybridized carbons (Fsp3) is 0.556. The molecule has 26 heavy (non-hydrogen) atoms. The number of amides is 1. The molecular formula is C18H22F3NO4. The molecule has 1 fully saturated rings. The fourth-order valence-electron chi connectivity index (χ4n) is 3.22. The standard InChI is InChI=1S/C18H22F3NO4/c1-26-12-17(16(24)25)8-9-22(11-17)15(23)7-3-5-13-4-2-6-14(10-13)18(19,20)21/h2,4,6,10H,3,5,7-9,11-12H2,1H3,(H,24,25). The Labute approximate surface area is 149 Å². The van der Waals surface area contributed by atoms with E-state index in [4.69, 9.17) is 4.74 Å². The van der Waals surface area contributed by atoms with Gasteiger partial charge in [0, 0.05) is 26.6 Å². The van der Waals surface area contributed by atoms with E-state index in [2.05, 4.69) is 0 Å². The van der Waals surface area contributed by atoms with Gasteiger partial charge in [-0.1, -0.05) is 18.2 Å². The van der Waals surface area contributed by atoms with Crippen molar-refractivity contribution in [2.45, 2.75) is 31.9 Å². The van der Waals surface area contributed by atoms with E-state index in [1.807, 2.05) is 0 Å². The number of carboxylic acid groups (broad SMARTS) is 1. The van der Waals surface area contributed by atoms with Crippen LogP contribution in [-0.2, 0) is 26.9 Å². The van der Waals surface area contributed by atoms with Gasteiger partial charge < -0.3 is 14.7 Å². The molecule has 5 nitrogen and oxygen atoms in total. The van der Waals surface area contributed by atoms with E-state index in [1.165, 1.54) is 18.1 Å². The van der Waals surface area contributed by atoms with Crippen molar-refractivity contribution in [2.24, 2.45) is 5.41 Å². The molecule has 1 aromatic carbocycles. The lowest BCUT2D eigenvalue weighted by molar-refractivity contribution is -0.151. The molecule has 1 amide bonds. The van der Waals surface area contributed by atoms with Crippen LogP contribution in [0.15, 0.2) is 24.3 Å². The summed E-state index contributed by atoms with van der Waals surface area (Å²) in [5.41, 5.74) is -1.26. The molecule has 1 atom stereocenters. The average molecular weight is 373 g/mol. The number of hydrogen-bond donors (Lipinski definition) is 1. The molecule has 1 heterocycles. The maximum Gasteiger partial charge on any atom is 0.416 e. The third-order valence-electron chi connectivity index (χ3n) is 4.69. The first kappa shape index (κ1) is 20.2. The molecular weight excluding hydrogens is 351 g/mol. The predicted octanol–water partition coefficient (Wildman–Crippen LogP) is 2.98. The maximum absolute atomic E-state index is 12.7. The van der Waals surface area contributed by atoms with Crippen LogP contribution in [0.3, 0.4) is 0 Å². The third kappa shape index (κ3) is 4.75. The molecule has 0 aromatic heterocycles. The van der Waals surface area contributed by atoms with Gasteiger partial charge in [0.2, 0.25) is 5.91 Å². The van der Waals surface area contributed by atoms with E-state index in [0.29, 0.717) is 31.4 Å². The highest BCUT2D eigenvalue weighted by atomic mass is 19.4. The number of aliphatic carboxylic acids is 1. The van der Waals surface area contributed by atoms with Crippen LogP contribution in [0.4, 0.5) is 13.2 Å². The molecule has 1 saturated heterocycles. The summed E-state index contributed by atoms with van der Waals surface area (Å²) in [6.07, 6.45) is -3.13. The van der Waals surface area contributed by atoms with Crippen LogP contribution in [0.5, 0.6) is 0 Å². The van der Waals surface area contributed by atoms with Gasteiger partial charge in [-0.3, -0.25) is 9.59 Å². The second kappa shape index (κ2) is 8.07. The van der Waals surface area contributed by atoms with E-state index >= 15 is 0 Å². The van der Waals surface area contributed by atoms with Crippen LogP contribution >= 0.6 is 0 Å². The summed E-state index contributed by atoms with van der Waals surface area (Å²) >= 11 is 0. The molecule has 1 aliphatic rings. The van der Waals surface area contributed by atoms with Crippen LogP contribution < -0.4 is 0 Å². The summed E-state index contributed by atoms with van der Waals surface area (Å²) in [4.78, 5) is 25.3. The quantitative estimate of drug-likeness (QED) is 0.798. The van der Waals surface area contributed by atoms with Crippen LogP contribution in [0.1, 0.15) is 30.4 Å². The normalized spacial score (nSPS) is 20.4. The van der Waals surface area contributed by atoms with Crippen LogP contribution in [0.2, 0.25) is 0 Å². The van der Waals surface area contributed by atoms with Crippen molar-refractivity contribution in [2.75, 3.05) is 26.8 Å². The Morgan fingerprint density at radius 2 is 2.08 bits per heavy atom. The van der Waals surface area contributed by atoms with Crippen molar-refractivity contribution in [3.05, 3.63) is 35.4 Å². The highest BCUT2D eigenvalue weighted by Crippen LogP contribution is 2.32. The number of carboxylic acids is 1. The summed E-state index contributed by atoms with van der Waals surface area (Å²) < 4.78 is 43.1. The van der Waals surface area contributed by atoms with Gasteiger partial charge in [0.25, 0.3) is 0 Å². The molecule has 1 aromatic rings. The second-order valence-electron chi connectivity index (χ2n) is 6.64. The number of benzene rings is 1. The average Bonchev–Trinajstić information content (AvgIpc) is 3.00. The molecule has 0 saturated carbocycles. The number of nitrogens with zero attached hydrogens (tertiary/aromatic N) is 1. The molecule has 1 N–H and O–H groups in total. The van der Waals surface area contributed by atoms with Gasteiger partial charge >= 0.3 is 12.1 Å². The molecule has 0 aliphatic carbocycles. The minimum atomic E-state index is -4.39. The van der Waals surface area contributed by atoms with Gasteiger partial charge in [-0.05, 0) is 30.9 Å². The lowest BCUT2D eigenvalue weighted by Gasteiger charge is -2.23. The number of carbonyl (C=O) groups is 2. The number of ether oxygens (including phenoxy) is 1. The first-order valence-electron chi connectivity index (χ1n) is 8.34. The van der Waals surface area contributed by atoms with E-state index < -0.39 is 23.1 Å². The van der Waals surface area contributed by atoms with Crippen molar-refractivity contribution in [3.63, 3.8) is 0 Å². The number of aryl methyl sites for hydroxylation is 1. The Morgan fingerprint density at radius 1 is 1.35 bits per heavy atom. The lowest BCUT2D eigenvalue weighted by Crippen LogP contribution is -2.40. The number of hydrogen-bond acceptors (Lipinski definition) is 3. The smallest absolute Gasteiger partial charge is 0.416 e. The van der Waals surface area contributed by atoms with E-state index in [0.717, 1.165) is 12.1 Å². The topological polar surface area (TPSA) is 66.8 Å². The number of rotatable bonds is 7. The summed E-state index contributed by atoms with van der Waals surface area (Å²) in [5.74, 6) is -1.17. The molecule has 2 rings (SSSR count). The SMILES string of the molecule is COCC1(C(=O)O)CCN(C(=O)CCCc2cccc(C(F)(F)F)c2)C1. The van der Waals surface area contributed by atoms with Crippen LogP contribution in [-0.4, -0.2) is 48.7 Å². The predicted molar refractivity (Wildman–Crippen MR) is 87.5 cm³/mol. The van der Waals surface area contributed by atoms with Crippen molar-refractivity contribution in [3.8, 4) is 0 Å². The Morgan fingerprint density at radius 3 is 2.69 bits per heavy atom. The van der Waals surface area contributed by atoms with Gasteiger partial charge in [-0.15, -0.1) is 0 Å². The first-order valence-corrected chi connectivity index (χ1v) is 8.34. The Kier molecular flexibility index (Phi) is 6.28. The number of methoxy groups -OCH3 is 1. The van der Waals surface area contributed by atoms with Gasteiger partial charge in [0.15, 0.2) is 0 Å². The van der Waals surface area contributed by atoms with Gasteiger partial charge in [-0.2, -0.15) is 13.2 Å². The van der Waals surface area contributed by atoms with Crippen molar-refractivity contribution >= 4 is 11.9 Å². The molecule has 0 bridgehead atoms. The van der Waals surface area contributed by atoms with Gasteiger partial charge in [0.1, 0.15) is 5.41 Å². The minimum Gasteiger partial charge on any atom is -0.481 e. The maximum atomic E-state index is 12.7. The Balaban J connectivity index is 1.87. The summed E-state index contributed by atoms with van der Waals surface area (Å²) in [6, 6.07) is 5.06. The van der Waals surface area contributed by atoms with Crippen molar-refractivity contribution in [1.29, 1.82) is 0 Å². The van der Waals surface area contributed by atoms with E-state index in [9.17, 15) is 27.9 Å². The Bertz CT molecular complexity index is 662. The monoisotopic (exact) mass is 373 g/mol. The highest BCUT2D eigenvalue weighted by Gasteiger charge is 2.46. The number of halogens is 3. The summed E-state index contributed by atoms with van der Waals surface area (Å²) in [7, 11) is 1.42. The summed E-state index contributed by atoms with van der Waals surface area (Å²) in [5, 5.41) is 9.40. The molecule has 0 spiro atoms. The third-order valence-corrected chi connectivity index (χ3v) is 4.69. The van der Waals surface area contributed by atoms with Crippen LogP contribution in [0, 0.1) is 5.41 Å². The fourth-order valence-corrected chi connectivity index (χ4v) is 3.22. The molecule has 1 unspecified atom stereocenters. The Hall–Kier alpha value is -2.09. The van der Waals surface area contributed by atoms with Gasteiger partial charge in [0.05, 0.1) is 12.2 Å². The first-order chi connectivity index (χ1) is 12.2. The van der Waals surface area contributed by atoms with Gasteiger partial charge in [-0.25, -0.2) is 0 Å². The number of carbonyl (C=O) groups excluding carboxylic acids is 1. The largest absolute Gasteiger partial charge is 0.481 e. The molecule has 1 aliphatic heterocycles. The zero-order valence-corrected chi connectivity index (χ0v) is 14.5. The molecule has 8 heteroatoms. The zero-order valence-electron chi connectivity index (χ0n) is 14.5. The zero-order chi connectivity index (χ0) is 19.4. The number of likely N-dealkylation sites (tertiary alicyclic amines) is 1. The lowest BCUT2D eigenvalue weighted by atomic mass is 9.88. The van der Waals surface area contributed by atoms with Crippen molar-refractivity contribution in [1.82, 2.24) is 4.90 Å². The van der Waals surface area contributed by atoms with Crippen molar-refractivity contribution < 1.29 is 32.6 Å². The van der Waals surface area contributed by atoms with Crippen LogP contribution in [0.25, 0.3) is 0 Å². The van der Waals surface area contributed by atoms with E-state index in [-0.39, 0.29) is 25.5 Å². The minimum absolute atomic E-state index is 0.0380. The number of alkyl halides is 3. The summed E-state index contributed by atoms with van der Waals surface area (Å²) in [6.45, 7) is 0.479. The highest BCUT2D eigenvalue weighted by molar-refractivity contribution is 5.80. The second-order valence-corrected chi connectivity index (χ2v) is 6.64.